The molecule has 0 fully saturated rings. The first-order chi connectivity index (χ1) is 23.2. The van der Waals surface area contributed by atoms with Crippen molar-refractivity contribution in [3.05, 3.63) is 138 Å². The van der Waals surface area contributed by atoms with Crippen LogP contribution in [0.5, 0.6) is 0 Å². The van der Waals surface area contributed by atoms with Gasteiger partial charge in [-0.1, -0.05) is 103 Å². The maximum atomic E-state index is 6.40. The largest absolute Gasteiger partial charge is 0.456 e. The lowest BCUT2D eigenvalue weighted by Crippen LogP contribution is -2.01. The molecule has 220 valence electrons. The Morgan fingerprint density at radius 3 is 2.04 bits per heavy atom. The summed E-state index contributed by atoms with van der Waals surface area (Å²) < 4.78 is 12.6. The van der Waals surface area contributed by atoms with Crippen LogP contribution in [-0.2, 0) is 0 Å². The SMILES string of the molecule is Clc1ccc2c(c1)oc1c3ccccc3c(-c3nc(-c4ccc5ccccc5c4)nc(-c4cccc5oc6ccccc6c45)n3)cc21. The molecule has 0 aliphatic rings. The molecule has 0 bridgehead atoms. The second kappa shape index (κ2) is 9.98. The Morgan fingerprint density at radius 1 is 0.426 bits per heavy atom. The van der Waals surface area contributed by atoms with Crippen molar-refractivity contribution in [2.75, 3.05) is 0 Å². The van der Waals surface area contributed by atoms with Crippen molar-refractivity contribution < 1.29 is 8.83 Å². The lowest BCUT2D eigenvalue weighted by molar-refractivity contribution is 0.669. The minimum Gasteiger partial charge on any atom is -0.456 e. The van der Waals surface area contributed by atoms with Crippen LogP contribution in [0.25, 0.3) is 99.6 Å². The molecular weight excluding hydrogens is 602 g/mol. The third-order valence-electron chi connectivity index (χ3n) is 8.97. The van der Waals surface area contributed by atoms with Crippen molar-refractivity contribution >= 4 is 77.0 Å². The Labute approximate surface area is 272 Å². The normalized spacial score (nSPS) is 11.9. The number of fused-ring (bicyclic) bond motifs is 9. The summed E-state index contributed by atoms with van der Waals surface area (Å²) in [6, 6.07) is 44.9. The molecule has 0 saturated carbocycles. The number of hydrogen-bond donors (Lipinski definition) is 0. The van der Waals surface area contributed by atoms with Gasteiger partial charge >= 0.3 is 0 Å². The van der Waals surface area contributed by atoms with Crippen LogP contribution in [0.2, 0.25) is 5.02 Å². The molecule has 0 spiro atoms. The third-order valence-corrected chi connectivity index (χ3v) is 9.20. The Balaban J connectivity index is 1.30. The quantitative estimate of drug-likeness (QED) is 0.196. The van der Waals surface area contributed by atoms with Crippen molar-refractivity contribution in [3.63, 3.8) is 0 Å². The number of hydrogen-bond acceptors (Lipinski definition) is 5. The zero-order valence-corrected chi connectivity index (χ0v) is 25.5. The second-order valence-corrected chi connectivity index (χ2v) is 12.2. The molecule has 10 aromatic rings. The summed E-state index contributed by atoms with van der Waals surface area (Å²) >= 11 is 6.36. The highest BCUT2D eigenvalue weighted by molar-refractivity contribution is 6.31. The summed E-state index contributed by atoms with van der Waals surface area (Å²) in [5, 5.41) is 8.81. The van der Waals surface area contributed by atoms with Crippen molar-refractivity contribution in [2.24, 2.45) is 0 Å². The minimum atomic E-state index is 0.573. The van der Waals surface area contributed by atoms with E-state index >= 15 is 0 Å². The highest BCUT2D eigenvalue weighted by atomic mass is 35.5. The first kappa shape index (κ1) is 26.2. The molecule has 0 saturated heterocycles. The average molecular weight is 624 g/mol. The van der Waals surface area contributed by atoms with Crippen molar-refractivity contribution in [1.82, 2.24) is 15.0 Å². The first-order valence-electron chi connectivity index (χ1n) is 15.4. The van der Waals surface area contributed by atoms with Crippen LogP contribution in [0.15, 0.2) is 142 Å². The predicted molar refractivity (Wildman–Crippen MR) is 191 cm³/mol. The lowest BCUT2D eigenvalue weighted by Gasteiger charge is -2.12. The highest BCUT2D eigenvalue weighted by Gasteiger charge is 2.21. The van der Waals surface area contributed by atoms with E-state index in [1.807, 2.05) is 72.8 Å². The summed E-state index contributed by atoms with van der Waals surface area (Å²) in [6.07, 6.45) is 0. The first-order valence-corrected chi connectivity index (χ1v) is 15.8. The zero-order valence-electron chi connectivity index (χ0n) is 24.7. The van der Waals surface area contributed by atoms with Crippen molar-refractivity contribution in [2.45, 2.75) is 0 Å². The molecule has 0 unspecified atom stereocenters. The molecule has 6 heteroatoms. The van der Waals surface area contributed by atoms with Crippen LogP contribution in [0, 0.1) is 0 Å². The predicted octanol–water partition coefficient (Wildman–Crippen LogP) is 11.6. The van der Waals surface area contributed by atoms with E-state index in [9.17, 15) is 0 Å². The van der Waals surface area contributed by atoms with Crippen LogP contribution in [0.4, 0.5) is 0 Å². The summed E-state index contributed by atoms with van der Waals surface area (Å²) in [6.45, 7) is 0. The molecule has 0 atom stereocenters. The highest BCUT2D eigenvalue weighted by Crippen LogP contribution is 2.41. The second-order valence-electron chi connectivity index (χ2n) is 11.7. The Morgan fingerprint density at radius 2 is 1.15 bits per heavy atom. The molecule has 0 amide bonds. The van der Waals surface area contributed by atoms with E-state index in [1.54, 1.807) is 0 Å². The van der Waals surface area contributed by atoms with Gasteiger partial charge in [0.05, 0.1) is 0 Å². The summed E-state index contributed by atoms with van der Waals surface area (Å²) in [5.74, 6) is 1.74. The van der Waals surface area contributed by atoms with Gasteiger partial charge in [-0.05, 0) is 52.6 Å². The molecule has 0 aliphatic heterocycles. The average Bonchev–Trinajstić information content (AvgIpc) is 3.69. The van der Waals surface area contributed by atoms with E-state index in [0.29, 0.717) is 22.5 Å². The molecule has 0 radical (unpaired) electrons. The summed E-state index contributed by atoms with van der Waals surface area (Å²) in [7, 11) is 0. The van der Waals surface area contributed by atoms with E-state index in [1.165, 1.54) is 0 Å². The Kier molecular flexibility index (Phi) is 5.56. The number of halogens is 1. The van der Waals surface area contributed by atoms with Crippen LogP contribution in [-0.4, -0.2) is 15.0 Å². The van der Waals surface area contributed by atoms with Crippen LogP contribution < -0.4 is 0 Å². The van der Waals surface area contributed by atoms with Gasteiger partial charge in [0.2, 0.25) is 0 Å². The van der Waals surface area contributed by atoms with Gasteiger partial charge in [0.15, 0.2) is 17.5 Å². The van der Waals surface area contributed by atoms with Gasteiger partial charge in [-0.3, -0.25) is 0 Å². The van der Waals surface area contributed by atoms with E-state index in [0.717, 1.165) is 82.1 Å². The van der Waals surface area contributed by atoms with E-state index in [2.05, 4.69) is 60.7 Å². The van der Waals surface area contributed by atoms with Crippen LogP contribution in [0.1, 0.15) is 0 Å². The fraction of sp³-hybridized carbons (Fsp3) is 0. The Hall–Kier alpha value is -6.04. The van der Waals surface area contributed by atoms with Gasteiger partial charge in [0.1, 0.15) is 22.3 Å². The number of para-hydroxylation sites is 1. The maximum absolute atomic E-state index is 6.40. The van der Waals surface area contributed by atoms with E-state index in [4.69, 9.17) is 35.4 Å². The fourth-order valence-corrected chi connectivity index (χ4v) is 6.95. The summed E-state index contributed by atoms with van der Waals surface area (Å²) in [4.78, 5) is 15.5. The number of rotatable bonds is 3. The summed E-state index contributed by atoms with van der Waals surface area (Å²) in [5.41, 5.74) is 5.83. The molecule has 0 aliphatic carbocycles. The molecule has 0 N–H and O–H groups in total. The Bertz CT molecular complexity index is 2890. The van der Waals surface area contributed by atoms with Crippen LogP contribution in [0.3, 0.4) is 0 Å². The maximum Gasteiger partial charge on any atom is 0.164 e. The van der Waals surface area contributed by atoms with Gasteiger partial charge in [-0.2, -0.15) is 0 Å². The van der Waals surface area contributed by atoms with Crippen LogP contribution >= 0.6 is 11.6 Å². The molecule has 10 rings (SSSR count). The minimum absolute atomic E-state index is 0.573. The third kappa shape index (κ3) is 4.07. The fourth-order valence-electron chi connectivity index (χ4n) is 6.79. The molecule has 47 heavy (non-hydrogen) atoms. The smallest absolute Gasteiger partial charge is 0.164 e. The van der Waals surface area contributed by atoms with Gasteiger partial charge < -0.3 is 8.83 Å². The van der Waals surface area contributed by atoms with E-state index < -0.39 is 0 Å². The van der Waals surface area contributed by atoms with E-state index in [-0.39, 0.29) is 0 Å². The number of furan rings is 2. The zero-order chi connectivity index (χ0) is 31.1. The molecule has 5 nitrogen and oxygen atoms in total. The monoisotopic (exact) mass is 623 g/mol. The van der Waals surface area contributed by atoms with Gasteiger partial charge in [0, 0.05) is 54.7 Å². The van der Waals surface area contributed by atoms with Crippen molar-refractivity contribution in [3.8, 4) is 34.2 Å². The van der Waals surface area contributed by atoms with Gasteiger partial charge in [-0.15, -0.1) is 0 Å². The van der Waals surface area contributed by atoms with Gasteiger partial charge in [-0.25, -0.2) is 15.0 Å². The molecular formula is C41H22ClN3O2. The number of nitrogens with zero attached hydrogens (tertiary/aromatic N) is 3. The number of aromatic nitrogens is 3. The molecule has 7 aromatic carbocycles. The molecule has 3 heterocycles. The molecule has 3 aromatic heterocycles. The number of benzene rings is 7. The van der Waals surface area contributed by atoms with Crippen molar-refractivity contribution in [1.29, 1.82) is 0 Å². The van der Waals surface area contributed by atoms with Gasteiger partial charge in [0.25, 0.3) is 0 Å². The standard InChI is InChI=1S/C41H22ClN3O2/c42-26-18-19-28-32-22-33(27-10-3-4-11-29(27)38(32)47-36(28)21-26)41-44-39(25-17-16-23-8-1-2-9-24(23)20-25)43-40(45-41)31-13-7-15-35-37(31)30-12-5-6-14-34(30)46-35/h1-22H. The topological polar surface area (TPSA) is 65.0 Å². The lowest BCUT2D eigenvalue weighted by atomic mass is 9.99.